The summed E-state index contributed by atoms with van der Waals surface area (Å²) in [5, 5.41) is 3.23. The van der Waals surface area contributed by atoms with Crippen LogP contribution < -0.4 is 15.0 Å². The molecular formula is C28H28N2O3. The van der Waals surface area contributed by atoms with Crippen molar-refractivity contribution in [2.24, 2.45) is 0 Å². The molecule has 5 nitrogen and oxygen atoms in total. The molecule has 168 valence electrons. The number of ether oxygens (including phenoxy) is 1. The second-order valence-electron chi connectivity index (χ2n) is 8.31. The Bertz CT molecular complexity index is 1260. The van der Waals surface area contributed by atoms with Crippen molar-refractivity contribution >= 4 is 28.8 Å². The second kappa shape index (κ2) is 9.33. The standard InChI is InChI=1S/C28H28N2O3/c1-5-15-33-24-12-7-6-11-23(24)30-27(31)25(21-14-13-19(3)20(4)17-21)26(28(30)32)29-22-10-8-9-18(2)16-22/h6-14,16-17,29H,5,15H2,1-4H3. The summed E-state index contributed by atoms with van der Waals surface area (Å²) < 4.78 is 5.86. The molecule has 5 heteroatoms. The molecule has 33 heavy (non-hydrogen) atoms. The molecule has 3 aromatic carbocycles. The second-order valence-corrected chi connectivity index (χ2v) is 8.31. The van der Waals surface area contributed by atoms with Gasteiger partial charge in [-0.3, -0.25) is 9.59 Å². The molecular weight excluding hydrogens is 412 g/mol. The number of para-hydroxylation sites is 2. The molecule has 1 aliphatic heterocycles. The fraction of sp³-hybridized carbons (Fsp3) is 0.214. The highest BCUT2D eigenvalue weighted by molar-refractivity contribution is 6.46. The molecule has 1 N–H and O–H groups in total. The van der Waals surface area contributed by atoms with Gasteiger partial charge < -0.3 is 10.1 Å². The van der Waals surface area contributed by atoms with Gasteiger partial charge in [0.05, 0.1) is 17.9 Å². The van der Waals surface area contributed by atoms with Gasteiger partial charge >= 0.3 is 0 Å². The van der Waals surface area contributed by atoms with E-state index in [9.17, 15) is 9.59 Å². The van der Waals surface area contributed by atoms with E-state index < -0.39 is 5.91 Å². The van der Waals surface area contributed by atoms with Crippen LogP contribution in [0.15, 0.2) is 72.4 Å². The Morgan fingerprint density at radius 2 is 1.64 bits per heavy atom. The van der Waals surface area contributed by atoms with Gasteiger partial charge in [0.1, 0.15) is 11.4 Å². The maximum atomic E-state index is 13.8. The zero-order chi connectivity index (χ0) is 23.5. The van der Waals surface area contributed by atoms with Crippen LogP contribution in [-0.2, 0) is 9.59 Å². The van der Waals surface area contributed by atoms with Crippen molar-refractivity contribution in [3.05, 3.63) is 94.7 Å². The third-order valence-electron chi connectivity index (χ3n) is 5.73. The van der Waals surface area contributed by atoms with E-state index in [0.29, 0.717) is 29.2 Å². The molecule has 0 atom stereocenters. The van der Waals surface area contributed by atoms with Crippen molar-refractivity contribution in [2.75, 3.05) is 16.8 Å². The molecule has 0 fully saturated rings. The van der Waals surface area contributed by atoms with E-state index in [0.717, 1.165) is 28.8 Å². The first-order valence-electron chi connectivity index (χ1n) is 11.2. The van der Waals surface area contributed by atoms with Crippen molar-refractivity contribution < 1.29 is 14.3 Å². The lowest BCUT2D eigenvalue weighted by Crippen LogP contribution is -2.32. The Balaban J connectivity index is 1.83. The Morgan fingerprint density at radius 1 is 0.848 bits per heavy atom. The zero-order valence-electron chi connectivity index (χ0n) is 19.4. The van der Waals surface area contributed by atoms with Crippen molar-refractivity contribution in [3.63, 3.8) is 0 Å². The summed E-state index contributed by atoms with van der Waals surface area (Å²) in [6.07, 6.45) is 0.822. The highest BCUT2D eigenvalue weighted by Gasteiger charge is 2.41. The summed E-state index contributed by atoms with van der Waals surface area (Å²) in [6, 6.07) is 20.7. The van der Waals surface area contributed by atoms with Gasteiger partial charge in [-0.25, -0.2) is 4.90 Å². The third-order valence-corrected chi connectivity index (χ3v) is 5.73. The maximum Gasteiger partial charge on any atom is 0.282 e. The molecule has 4 rings (SSSR count). The Kier molecular flexibility index (Phi) is 6.31. The quantitative estimate of drug-likeness (QED) is 0.472. The molecule has 2 amide bonds. The number of hydrogen-bond acceptors (Lipinski definition) is 4. The molecule has 0 saturated heterocycles. The zero-order valence-corrected chi connectivity index (χ0v) is 19.4. The van der Waals surface area contributed by atoms with E-state index in [4.69, 9.17) is 4.74 Å². The summed E-state index contributed by atoms with van der Waals surface area (Å²) in [5.74, 6) is -0.259. The fourth-order valence-electron chi connectivity index (χ4n) is 3.87. The predicted octanol–water partition coefficient (Wildman–Crippen LogP) is 5.80. The number of benzene rings is 3. The molecule has 0 aliphatic carbocycles. The Morgan fingerprint density at radius 3 is 2.36 bits per heavy atom. The minimum absolute atomic E-state index is 0.263. The van der Waals surface area contributed by atoms with Crippen LogP contribution in [0.4, 0.5) is 11.4 Å². The number of carbonyl (C=O) groups is 2. The molecule has 0 saturated carbocycles. The topological polar surface area (TPSA) is 58.6 Å². The normalized spacial score (nSPS) is 13.6. The lowest BCUT2D eigenvalue weighted by atomic mass is 9.99. The Hall–Kier alpha value is -3.86. The van der Waals surface area contributed by atoms with Crippen molar-refractivity contribution in [1.29, 1.82) is 0 Å². The van der Waals surface area contributed by atoms with Crippen LogP contribution in [-0.4, -0.2) is 18.4 Å². The first kappa shape index (κ1) is 22.3. The molecule has 0 bridgehead atoms. The van der Waals surface area contributed by atoms with Gasteiger partial charge in [-0.05, 0) is 73.7 Å². The van der Waals surface area contributed by atoms with Crippen LogP contribution >= 0.6 is 0 Å². The minimum Gasteiger partial charge on any atom is -0.491 e. The van der Waals surface area contributed by atoms with Gasteiger partial charge in [-0.15, -0.1) is 0 Å². The molecule has 1 aliphatic rings. The number of aryl methyl sites for hydroxylation is 3. The maximum absolute atomic E-state index is 13.8. The van der Waals surface area contributed by atoms with E-state index >= 15 is 0 Å². The lowest BCUT2D eigenvalue weighted by Gasteiger charge is -2.19. The van der Waals surface area contributed by atoms with Gasteiger partial charge in [0.25, 0.3) is 11.8 Å². The summed E-state index contributed by atoms with van der Waals surface area (Å²) >= 11 is 0. The van der Waals surface area contributed by atoms with Gasteiger partial charge in [0, 0.05) is 5.69 Å². The van der Waals surface area contributed by atoms with E-state index in [1.165, 1.54) is 4.90 Å². The SMILES string of the molecule is CCCOc1ccccc1N1C(=O)C(Nc2cccc(C)c2)=C(c2ccc(C)c(C)c2)C1=O. The molecule has 0 unspecified atom stereocenters. The average Bonchev–Trinajstić information content (AvgIpc) is 3.04. The minimum atomic E-state index is -0.401. The number of rotatable bonds is 7. The predicted molar refractivity (Wildman–Crippen MR) is 132 cm³/mol. The average molecular weight is 441 g/mol. The molecule has 1 heterocycles. The summed E-state index contributed by atoms with van der Waals surface area (Å²) in [4.78, 5) is 28.7. The number of hydrogen-bond donors (Lipinski definition) is 1. The van der Waals surface area contributed by atoms with Crippen LogP contribution in [0.5, 0.6) is 5.75 Å². The van der Waals surface area contributed by atoms with Crippen LogP contribution in [0.1, 0.15) is 35.6 Å². The van der Waals surface area contributed by atoms with Gasteiger partial charge in [-0.2, -0.15) is 0 Å². The van der Waals surface area contributed by atoms with Gasteiger partial charge in [0.2, 0.25) is 0 Å². The molecule has 3 aromatic rings. The third kappa shape index (κ3) is 4.40. The largest absolute Gasteiger partial charge is 0.491 e. The number of amides is 2. The number of nitrogens with zero attached hydrogens (tertiary/aromatic N) is 1. The van der Waals surface area contributed by atoms with E-state index in [1.54, 1.807) is 18.2 Å². The van der Waals surface area contributed by atoms with Gasteiger partial charge in [-0.1, -0.05) is 49.4 Å². The molecule has 0 radical (unpaired) electrons. The number of carbonyl (C=O) groups excluding carboxylic acids is 2. The molecule has 0 spiro atoms. The lowest BCUT2D eigenvalue weighted by molar-refractivity contribution is -0.120. The number of imide groups is 1. The Labute approximate surface area is 194 Å². The van der Waals surface area contributed by atoms with Crippen molar-refractivity contribution in [1.82, 2.24) is 0 Å². The van der Waals surface area contributed by atoms with E-state index in [-0.39, 0.29) is 11.6 Å². The monoisotopic (exact) mass is 440 g/mol. The van der Waals surface area contributed by atoms with Gasteiger partial charge in [0.15, 0.2) is 0 Å². The molecule has 0 aromatic heterocycles. The summed E-state index contributed by atoms with van der Waals surface area (Å²) in [7, 11) is 0. The van der Waals surface area contributed by atoms with Crippen LogP contribution in [0.25, 0.3) is 5.57 Å². The summed E-state index contributed by atoms with van der Waals surface area (Å²) in [6.45, 7) is 8.52. The highest BCUT2D eigenvalue weighted by atomic mass is 16.5. The van der Waals surface area contributed by atoms with Crippen molar-refractivity contribution in [3.8, 4) is 5.75 Å². The van der Waals surface area contributed by atoms with Crippen LogP contribution in [0.2, 0.25) is 0 Å². The first-order valence-corrected chi connectivity index (χ1v) is 11.2. The fourth-order valence-corrected chi connectivity index (χ4v) is 3.87. The van der Waals surface area contributed by atoms with E-state index in [2.05, 4.69) is 5.32 Å². The number of nitrogens with one attached hydrogen (secondary N) is 1. The van der Waals surface area contributed by atoms with E-state index in [1.807, 2.05) is 76.2 Å². The highest BCUT2D eigenvalue weighted by Crippen LogP contribution is 2.38. The van der Waals surface area contributed by atoms with Crippen LogP contribution in [0, 0.1) is 20.8 Å². The first-order chi connectivity index (χ1) is 15.9. The number of anilines is 2. The van der Waals surface area contributed by atoms with Crippen LogP contribution in [0.3, 0.4) is 0 Å². The summed E-state index contributed by atoms with van der Waals surface area (Å²) in [5.41, 5.74) is 5.77. The smallest absolute Gasteiger partial charge is 0.282 e. The van der Waals surface area contributed by atoms with Crippen molar-refractivity contribution in [2.45, 2.75) is 34.1 Å².